The third-order valence-electron chi connectivity index (χ3n) is 7.03. The zero-order valence-electron chi connectivity index (χ0n) is 20.3. The fourth-order valence-corrected chi connectivity index (χ4v) is 5.28. The van der Waals surface area contributed by atoms with Gasteiger partial charge in [0, 0.05) is 47.2 Å². The van der Waals surface area contributed by atoms with E-state index in [2.05, 4.69) is 133 Å². The van der Waals surface area contributed by atoms with Crippen molar-refractivity contribution in [3.8, 4) is 33.4 Å². The molecular weight excluding hydrogens is 424 g/mol. The zero-order chi connectivity index (χ0) is 23.9. The lowest BCUT2D eigenvalue weighted by Crippen LogP contribution is -1.92. The first-order chi connectivity index (χ1) is 17.1. The number of fused-ring (bicyclic) bond motifs is 3. The molecule has 6 aromatic rings. The third kappa shape index (κ3) is 3.68. The molecule has 1 heterocycles. The maximum absolute atomic E-state index is 3.32. The highest BCUT2D eigenvalue weighted by molar-refractivity contribution is 6.09. The van der Waals surface area contributed by atoms with Gasteiger partial charge >= 0.3 is 0 Å². The summed E-state index contributed by atoms with van der Waals surface area (Å²) in [5, 5.41) is 5.92. The first kappa shape index (κ1) is 21.2. The van der Waals surface area contributed by atoms with Crippen LogP contribution in [-0.2, 0) is 7.05 Å². The van der Waals surface area contributed by atoms with Crippen LogP contribution in [0.5, 0.6) is 0 Å². The number of anilines is 1. The first-order valence-corrected chi connectivity index (χ1v) is 12.1. The first-order valence-electron chi connectivity index (χ1n) is 12.1. The van der Waals surface area contributed by atoms with Crippen molar-refractivity contribution >= 4 is 27.5 Å². The van der Waals surface area contributed by atoms with E-state index < -0.39 is 0 Å². The quantitative estimate of drug-likeness (QED) is 0.283. The Balaban J connectivity index is 1.47. The molecule has 0 bridgehead atoms. The van der Waals surface area contributed by atoms with E-state index in [1.807, 2.05) is 7.05 Å². The van der Waals surface area contributed by atoms with Crippen molar-refractivity contribution in [3.05, 3.63) is 115 Å². The van der Waals surface area contributed by atoms with Crippen molar-refractivity contribution in [1.82, 2.24) is 4.57 Å². The zero-order valence-corrected chi connectivity index (χ0v) is 20.3. The van der Waals surface area contributed by atoms with E-state index in [0.29, 0.717) is 0 Å². The number of nitrogens with zero attached hydrogens (tertiary/aromatic N) is 1. The molecule has 1 aromatic heterocycles. The van der Waals surface area contributed by atoms with E-state index in [1.165, 1.54) is 60.8 Å². The van der Waals surface area contributed by atoms with E-state index in [9.17, 15) is 0 Å². The lowest BCUT2D eigenvalue weighted by molar-refractivity contribution is 1.01. The van der Waals surface area contributed by atoms with Gasteiger partial charge in [-0.3, -0.25) is 0 Å². The predicted octanol–water partition coefficient (Wildman–Crippen LogP) is 8.68. The number of hydrogen-bond donors (Lipinski definition) is 1. The van der Waals surface area contributed by atoms with Crippen molar-refractivity contribution in [2.24, 2.45) is 7.05 Å². The number of aromatic nitrogens is 1. The minimum absolute atomic E-state index is 1.14. The van der Waals surface area contributed by atoms with Crippen LogP contribution in [0.4, 0.5) is 5.69 Å². The van der Waals surface area contributed by atoms with Gasteiger partial charge in [0.05, 0.1) is 0 Å². The molecule has 1 N–H and O–H groups in total. The maximum Gasteiger partial charge on any atom is 0.0489 e. The van der Waals surface area contributed by atoms with Crippen LogP contribution in [0.25, 0.3) is 55.2 Å². The average molecular weight is 453 g/mol. The van der Waals surface area contributed by atoms with Crippen molar-refractivity contribution < 1.29 is 0 Å². The monoisotopic (exact) mass is 452 g/mol. The molecule has 0 aliphatic heterocycles. The molecule has 2 heteroatoms. The molecule has 35 heavy (non-hydrogen) atoms. The van der Waals surface area contributed by atoms with Crippen molar-refractivity contribution in [1.29, 1.82) is 0 Å². The summed E-state index contributed by atoms with van der Waals surface area (Å²) >= 11 is 0. The van der Waals surface area contributed by atoms with Gasteiger partial charge in [-0.15, -0.1) is 0 Å². The highest BCUT2D eigenvalue weighted by Gasteiger charge is 2.11. The second kappa shape index (κ2) is 8.48. The normalized spacial score (nSPS) is 11.3. The maximum atomic E-state index is 3.32. The number of rotatable bonds is 4. The molecule has 0 amide bonds. The summed E-state index contributed by atoms with van der Waals surface area (Å²) in [5.41, 5.74) is 12.3. The van der Waals surface area contributed by atoms with Crippen molar-refractivity contribution in [2.75, 3.05) is 12.4 Å². The van der Waals surface area contributed by atoms with Crippen LogP contribution in [0.1, 0.15) is 5.56 Å². The van der Waals surface area contributed by atoms with Crippen LogP contribution in [-0.4, -0.2) is 11.6 Å². The molecule has 0 unspecified atom stereocenters. The summed E-state index contributed by atoms with van der Waals surface area (Å²) < 4.78 is 2.28. The van der Waals surface area contributed by atoms with Gasteiger partial charge in [-0.05, 0) is 76.7 Å². The average Bonchev–Trinajstić information content (AvgIpc) is 3.20. The van der Waals surface area contributed by atoms with Gasteiger partial charge in [0.2, 0.25) is 0 Å². The Bertz CT molecular complexity index is 1700. The standard InChI is InChI=1S/C33H28N2/c1-22-17-26(23-9-8-10-25(19-23)28-11-4-6-13-31(28)34-2)20-27(18-22)24-15-16-33-30(21-24)29-12-5-7-14-32(29)35(33)3/h4-21,34H,1-3H3. The Kier molecular flexibility index (Phi) is 5.15. The minimum atomic E-state index is 1.14. The van der Waals surface area contributed by atoms with E-state index in [4.69, 9.17) is 0 Å². The topological polar surface area (TPSA) is 17.0 Å². The van der Waals surface area contributed by atoms with E-state index >= 15 is 0 Å². The fraction of sp³-hybridized carbons (Fsp3) is 0.0909. The molecule has 170 valence electrons. The Labute approximate surface area is 206 Å². The van der Waals surface area contributed by atoms with Crippen LogP contribution in [0.2, 0.25) is 0 Å². The lowest BCUT2D eigenvalue weighted by atomic mass is 9.93. The van der Waals surface area contributed by atoms with Gasteiger partial charge in [0.1, 0.15) is 0 Å². The van der Waals surface area contributed by atoms with E-state index in [0.717, 1.165) is 5.69 Å². The molecule has 0 aliphatic carbocycles. The Morgan fingerprint density at radius 1 is 0.543 bits per heavy atom. The number of hydrogen-bond acceptors (Lipinski definition) is 1. The third-order valence-corrected chi connectivity index (χ3v) is 7.03. The molecule has 0 saturated carbocycles. The van der Waals surface area contributed by atoms with Gasteiger partial charge in [0.15, 0.2) is 0 Å². The van der Waals surface area contributed by atoms with E-state index in [1.54, 1.807) is 0 Å². The lowest BCUT2D eigenvalue weighted by Gasteiger charge is -2.12. The van der Waals surface area contributed by atoms with Gasteiger partial charge in [-0.25, -0.2) is 0 Å². The van der Waals surface area contributed by atoms with Crippen LogP contribution in [0.15, 0.2) is 109 Å². The molecule has 6 rings (SSSR count). The van der Waals surface area contributed by atoms with Crippen LogP contribution < -0.4 is 5.32 Å². The molecule has 0 fully saturated rings. The smallest absolute Gasteiger partial charge is 0.0489 e. The molecule has 5 aromatic carbocycles. The number of aryl methyl sites for hydroxylation is 2. The number of nitrogens with one attached hydrogen (secondary N) is 1. The predicted molar refractivity (Wildman–Crippen MR) is 151 cm³/mol. The summed E-state index contributed by atoms with van der Waals surface area (Å²) in [6, 6.07) is 39.7. The van der Waals surface area contributed by atoms with E-state index in [-0.39, 0.29) is 0 Å². The van der Waals surface area contributed by atoms with Gasteiger partial charge in [0.25, 0.3) is 0 Å². The summed E-state index contributed by atoms with van der Waals surface area (Å²) in [6.45, 7) is 2.18. The minimum Gasteiger partial charge on any atom is -0.388 e. The van der Waals surface area contributed by atoms with Gasteiger partial charge < -0.3 is 9.88 Å². The molecule has 0 atom stereocenters. The highest BCUT2D eigenvalue weighted by Crippen LogP contribution is 2.35. The van der Waals surface area contributed by atoms with Crippen molar-refractivity contribution in [2.45, 2.75) is 6.92 Å². The Morgan fingerprint density at radius 3 is 2.03 bits per heavy atom. The second-order valence-corrected chi connectivity index (χ2v) is 9.27. The van der Waals surface area contributed by atoms with Crippen LogP contribution in [0, 0.1) is 6.92 Å². The summed E-state index contributed by atoms with van der Waals surface area (Å²) in [4.78, 5) is 0. The summed E-state index contributed by atoms with van der Waals surface area (Å²) in [5.74, 6) is 0. The summed E-state index contributed by atoms with van der Waals surface area (Å²) in [6.07, 6.45) is 0. The molecule has 2 nitrogen and oxygen atoms in total. The van der Waals surface area contributed by atoms with Crippen molar-refractivity contribution in [3.63, 3.8) is 0 Å². The second-order valence-electron chi connectivity index (χ2n) is 9.27. The number of para-hydroxylation sites is 2. The van der Waals surface area contributed by atoms with Crippen LogP contribution in [0.3, 0.4) is 0 Å². The Morgan fingerprint density at radius 2 is 1.20 bits per heavy atom. The molecule has 0 saturated heterocycles. The SMILES string of the molecule is CNc1ccccc1-c1cccc(-c2cc(C)cc(-c3ccc4c(c3)c3ccccc3n4C)c2)c1. The fourth-order valence-electron chi connectivity index (χ4n) is 5.28. The highest BCUT2D eigenvalue weighted by atomic mass is 14.9. The largest absolute Gasteiger partial charge is 0.388 e. The molecular formula is C33H28N2. The molecule has 0 spiro atoms. The summed E-state index contributed by atoms with van der Waals surface area (Å²) in [7, 11) is 4.12. The molecule has 0 aliphatic rings. The van der Waals surface area contributed by atoms with Crippen LogP contribution >= 0.6 is 0 Å². The number of benzene rings is 5. The molecule has 0 radical (unpaired) electrons. The Hall–Kier alpha value is -4.30. The van der Waals surface area contributed by atoms with Gasteiger partial charge in [-0.1, -0.05) is 72.8 Å². The van der Waals surface area contributed by atoms with Gasteiger partial charge in [-0.2, -0.15) is 0 Å².